The second kappa shape index (κ2) is 8.15. The molecule has 0 spiro atoms. The molecule has 0 unspecified atom stereocenters. The number of nitrogens with zero attached hydrogens (tertiary/aromatic N) is 3. The summed E-state index contributed by atoms with van der Waals surface area (Å²) in [5.41, 5.74) is 1.96. The lowest BCUT2D eigenvalue weighted by atomic mass is 9.91. The summed E-state index contributed by atoms with van der Waals surface area (Å²) >= 11 is 6.01. The van der Waals surface area contributed by atoms with Gasteiger partial charge in [0.05, 0.1) is 16.8 Å². The minimum Gasteiger partial charge on any atom is -0.169 e. The van der Waals surface area contributed by atoms with E-state index in [0.29, 0.717) is 5.02 Å². The van der Waals surface area contributed by atoms with E-state index in [1.807, 2.05) is 91.3 Å². The van der Waals surface area contributed by atoms with Crippen LogP contribution in [0.15, 0.2) is 126 Å². The average Bonchev–Trinajstić information content (AvgIpc) is 2.78. The summed E-state index contributed by atoms with van der Waals surface area (Å²) in [5.74, 6) is 0. The number of hydrogen-bond donors (Lipinski definition) is 0. The number of rotatable bonds is 5. The van der Waals surface area contributed by atoms with Gasteiger partial charge in [-0.05, 0) is 48.5 Å². The van der Waals surface area contributed by atoms with Gasteiger partial charge in [0.1, 0.15) is 0 Å². The summed E-state index contributed by atoms with van der Waals surface area (Å²) in [4.78, 5) is 0. The second-order valence-corrected chi connectivity index (χ2v) is 6.80. The largest absolute Gasteiger partial charge is 0.330 e. The number of benzene rings is 3. The van der Waals surface area contributed by atoms with Crippen LogP contribution in [0, 0.1) is 0 Å². The highest BCUT2D eigenvalue weighted by molar-refractivity contribution is 6.30. The first-order valence-electron chi connectivity index (χ1n) is 9.05. The third-order valence-corrected chi connectivity index (χ3v) is 4.83. The highest BCUT2D eigenvalue weighted by Crippen LogP contribution is 2.32. The van der Waals surface area contributed by atoms with Crippen LogP contribution >= 0.6 is 11.6 Å². The topological polar surface area (TPSA) is 28.6 Å². The fourth-order valence-electron chi connectivity index (χ4n) is 3.23. The first kappa shape index (κ1) is 18.1. The summed E-state index contributed by atoms with van der Waals surface area (Å²) < 4.78 is 2.08. The lowest BCUT2D eigenvalue weighted by Crippen LogP contribution is -2.56. The normalized spacial score (nSPS) is 11.6. The molecule has 0 saturated heterocycles. The Hall–Kier alpha value is -3.30. The molecule has 0 aliphatic carbocycles. The standard InChI is InChI=1S/C24H19ClN3/c25-22-14-16-23(17-15-22)26-27-24(20-10-4-1-5-11-20,21-12-6-2-7-13-21)28-18-8-3-9-19-28/h1-19H/q+1. The first-order chi connectivity index (χ1) is 13.8. The van der Waals surface area contributed by atoms with Gasteiger partial charge >= 0.3 is 5.66 Å². The zero-order chi connectivity index (χ0) is 19.2. The van der Waals surface area contributed by atoms with Gasteiger partial charge in [-0.25, -0.2) is 0 Å². The van der Waals surface area contributed by atoms with Gasteiger partial charge in [0.15, 0.2) is 12.4 Å². The van der Waals surface area contributed by atoms with Crippen molar-refractivity contribution >= 4 is 17.3 Å². The second-order valence-electron chi connectivity index (χ2n) is 6.36. The molecule has 0 aliphatic rings. The van der Waals surface area contributed by atoms with Crippen molar-refractivity contribution in [3.05, 3.63) is 132 Å². The Morgan fingerprint density at radius 1 is 0.607 bits per heavy atom. The molecule has 0 fully saturated rings. The SMILES string of the molecule is Clc1ccc(N=NC(c2ccccc2)(c2ccccc2)[n+]2ccccc2)cc1. The van der Waals surface area contributed by atoms with E-state index in [4.69, 9.17) is 16.7 Å². The van der Waals surface area contributed by atoms with Crippen molar-refractivity contribution in [2.24, 2.45) is 10.2 Å². The molecule has 3 nitrogen and oxygen atoms in total. The fourth-order valence-corrected chi connectivity index (χ4v) is 3.35. The monoisotopic (exact) mass is 384 g/mol. The average molecular weight is 385 g/mol. The van der Waals surface area contributed by atoms with Crippen LogP contribution in [-0.2, 0) is 5.66 Å². The van der Waals surface area contributed by atoms with E-state index in [1.165, 1.54) is 0 Å². The molecule has 0 aliphatic heterocycles. The van der Waals surface area contributed by atoms with Crippen LogP contribution < -0.4 is 4.57 Å². The van der Waals surface area contributed by atoms with Crippen LogP contribution in [0.25, 0.3) is 0 Å². The molecule has 136 valence electrons. The van der Waals surface area contributed by atoms with Crippen molar-refractivity contribution in [2.75, 3.05) is 0 Å². The molecule has 0 saturated carbocycles. The van der Waals surface area contributed by atoms with Crippen molar-refractivity contribution in [2.45, 2.75) is 5.66 Å². The van der Waals surface area contributed by atoms with Gasteiger partial charge in [0.25, 0.3) is 0 Å². The number of halogens is 1. The van der Waals surface area contributed by atoms with Crippen LogP contribution in [-0.4, -0.2) is 0 Å². The summed E-state index contributed by atoms with van der Waals surface area (Å²) in [7, 11) is 0. The van der Waals surface area contributed by atoms with Crippen LogP contribution in [0.5, 0.6) is 0 Å². The Morgan fingerprint density at radius 2 is 1.11 bits per heavy atom. The molecule has 3 aromatic carbocycles. The minimum atomic E-state index is -0.830. The molecule has 1 heterocycles. The third-order valence-electron chi connectivity index (χ3n) is 4.58. The highest BCUT2D eigenvalue weighted by Gasteiger charge is 2.44. The maximum atomic E-state index is 6.01. The zero-order valence-electron chi connectivity index (χ0n) is 15.2. The van der Waals surface area contributed by atoms with E-state index in [2.05, 4.69) is 33.9 Å². The van der Waals surface area contributed by atoms with Crippen molar-refractivity contribution in [3.8, 4) is 0 Å². The van der Waals surface area contributed by atoms with Gasteiger partial charge in [0.2, 0.25) is 0 Å². The van der Waals surface area contributed by atoms with Crippen molar-refractivity contribution in [1.82, 2.24) is 0 Å². The molecule has 4 aromatic rings. The third kappa shape index (κ3) is 3.57. The Morgan fingerprint density at radius 3 is 1.64 bits per heavy atom. The highest BCUT2D eigenvalue weighted by atomic mass is 35.5. The molecule has 0 radical (unpaired) electrons. The first-order valence-corrected chi connectivity index (χ1v) is 9.43. The van der Waals surface area contributed by atoms with Gasteiger partial charge in [-0.2, -0.15) is 4.57 Å². The van der Waals surface area contributed by atoms with Crippen molar-refractivity contribution in [1.29, 1.82) is 0 Å². The molecule has 0 amide bonds. The molecular formula is C24H19ClN3+. The van der Waals surface area contributed by atoms with E-state index in [1.54, 1.807) is 0 Å². The Labute approximate surface area is 169 Å². The van der Waals surface area contributed by atoms with Crippen LogP contribution in [0.3, 0.4) is 0 Å². The maximum Gasteiger partial charge on any atom is 0.330 e. The van der Waals surface area contributed by atoms with Crippen LogP contribution in [0.4, 0.5) is 5.69 Å². The van der Waals surface area contributed by atoms with Crippen LogP contribution in [0.2, 0.25) is 5.02 Å². The van der Waals surface area contributed by atoms with Gasteiger partial charge in [0, 0.05) is 17.2 Å². The summed E-state index contributed by atoms with van der Waals surface area (Å²) in [5, 5.41) is 10.2. The van der Waals surface area contributed by atoms with E-state index in [-0.39, 0.29) is 0 Å². The van der Waals surface area contributed by atoms with E-state index >= 15 is 0 Å². The summed E-state index contributed by atoms with van der Waals surface area (Å²) in [6.45, 7) is 0. The molecule has 0 bridgehead atoms. The number of aromatic nitrogens is 1. The molecule has 0 atom stereocenters. The lowest BCUT2D eigenvalue weighted by molar-refractivity contribution is -0.744. The number of azo groups is 1. The van der Waals surface area contributed by atoms with Crippen molar-refractivity contribution < 1.29 is 4.57 Å². The van der Waals surface area contributed by atoms with Gasteiger partial charge in [-0.3, -0.25) is 0 Å². The summed E-state index contributed by atoms with van der Waals surface area (Å²) in [6.07, 6.45) is 4.03. The molecule has 1 aromatic heterocycles. The summed E-state index contributed by atoms with van der Waals surface area (Å²) in [6, 6.07) is 33.8. The molecule has 4 rings (SSSR count). The minimum absolute atomic E-state index is 0.675. The molecule has 4 heteroatoms. The maximum absolute atomic E-state index is 6.01. The molecule has 28 heavy (non-hydrogen) atoms. The van der Waals surface area contributed by atoms with Gasteiger partial charge < -0.3 is 0 Å². The smallest absolute Gasteiger partial charge is 0.169 e. The Bertz CT molecular complexity index is 951. The van der Waals surface area contributed by atoms with Crippen molar-refractivity contribution in [3.63, 3.8) is 0 Å². The molecular weight excluding hydrogens is 366 g/mol. The fraction of sp³-hybridized carbons (Fsp3) is 0.0417. The quantitative estimate of drug-likeness (QED) is 0.291. The van der Waals surface area contributed by atoms with E-state index in [9.17, 15) is 0 Å². The number of pyridine rings is 1. The number of hydrogen-bond acceptors (Lipinski definition) is 2. The van der Waals surface area contributed by atoms with E-state index < -0.39 is 5.66 Å². The predicted molar refractivity (Wildman–Crippen MR) is 112 cm³/mol. The molecule has 0 N–H and O–H groups in total. The van der Waals surface area contributed by atoms with E-state index in [0.717, 1.165) is 16.8 Å². The van der Waals surface area contributed by atoms with Gasteiger partial charge in [-0.15, -0.1) is 10.2 Å². The van der Waals surface area contributed by atoms with Gasteiger partial charge in [-0.1, -0.05) is 54.1 Å². The zero-order valence-corrected chi connectivity index (χ0v) is 15.9. The van der Waals surface area contributed by atoms with Crippen LogP contribution in [0.1, 0.15) is 11.1 Å². The Balaban J connectivity index is 1.97. The lowest BCUT2D eigenvalue weighted by Gasteiger charge is -2.24. The Kier molecular flexibility index (Phi) is 5.27. The predicted octanol–water partition coefficient (Wildman–Crippen LogP) is 6.16.